The Balaban J connectivity index is 1.80. The van der Waals surface area contributed by atoms with Gasteiger partial charge in [0.05, 0.1) is 0 Å². The predicted molar refractivity (Wildman–Crippen MR) is 98.6 cm³/mol. The van der Waals surface area contributed by atoms with Crippen LogP contribution in [-0.4, -0.2) is 21.4 Å². The van der Waals surface area contributed by atoms with E-state index >= 15 is 0 Å². The van der Waals surface area contributed by atoms with Crippen molar-refractivity contribution >= 4 is 21.6 Å². The molecule has 6 nitrogen and oxygen atoms in total. The molecule has 1 amide bonds. The molecule has 0 bridgehead atoms. The van der Waals surface area contributed by atoms with Crippen LogP contribution < -0.4 is 10.0 Å². The minimum atomic E-state index is -3.73. The minimum absolute atomic E-state index is 0.0756. The van der Waals surface area contributed by atoms with Gasteiger partial charge in [0.2, 0.25) is 5.09 Å². The van der Waals surface area contributed by atoms with Gasteiger partial charge in [-0.1, -0.05) is 48.5 Å². The average molecular weight is 370 g/mol. The van der Waals surface area contributed by atoms with Gasteiger partial charge in [0.25, 0.3) is 15.9 Å². The molecule has 0 unspecified atom stereocenters. The summed E-state index contributed by atoms with van der Waals surface area (Å²) in [7, 11) is -2.45. The lowest BCUT2D eigenvalue weighted by Gasteiger charge is -2.10. The highest BCUT2D eigenvalue weighted by atomic mass is 32.2. The first-order chi connectivity index (χ1) is 12.5. The molecule has 3 rings (SSSR count). The van der Waals surface area contributed by atoms with E-state index in [2.05, 4.69) is 10.0 Å². The second kappa shape index (κ2) is 7.55. The lowest BCUT2D eigenvalue weighted by molar-refractivity contribution is 0.0991. The lowest BCUT2D eigenvalue weighted by Crippen LogP contribution is -2.18. The number of hydrogen-bond acceptors (Lipinski definition) is 4. The average Bonchev–Trinajstić information content (AvgIpc) is 3.15. The van der Waals surface area contributed by atoms with Gasteiger partial charge in [-0.25, -0.2) is 13.1 Å². The second-order valence-electron chi connectivity index (χ2n) is 5.60. The molecule has 0 atom stereocenters. The van der Waals surface area contributed by atoms with Gasteiger partial charge in [0.1, 0.15) is 0 Å². The molecule has 0 aliphatic carbocycles. The van der Waals surface area contributed by atoms with E-state index in [9.17, 15) is 13.2 Å². The fourth-order valence-electron chi connectivity index (χ4n) is 2.48. The van der Waals surface area contributed by atoms with Crippen LogP contribution in [0.2, 0.25) is 0 Å². The largest absolute Gasteiger partial charge is 0.438 e. The number of hydrogen-bond donors (Lipinski definition) is 2. The van der Waals surface area contributed by atoms with Crippen LogP contribution in [-0.2, 0) is 16.4 Å². The zero-order valence-corrected chi connectivity index (χ0v) is 14.9. The molecule has 1 heterocycles. The number of furan rings is 1. The molecule has 3 aromatic rings. The van der Waals surface area contributed by atoms with Crippen LogP contribution in [0.1, 0.15) is 21.7 Å². The van der Waals surface area contributed by atoms with E-state index in [0.29, 0.717) is 12.1 Å². The number of nitrogens with one attached hydrogen (secondary N) is 2. The Bertz CT molecular complexity index is 1010. The Hall–Kier alpha value is -2.90. The fourth-order valence-corrected chi connectivity index (χ4v) is 3.13. The van der Waals surface area contributed by atoms with Crippen LogP contribution in [0, 0.1) is 0 Å². The number of sulfonamides is 1. The highest BCUT2D eigenvalue weighted by Crippen LogP contribution is 2.21. The number of amides is 1. The van der Waals surface area contributed by atoms with Gasteiger partial charge < -0.3 is 9.73 Å². The third kappa shape index (κ3) is 4.01. The highest BCUT2D eigenvalue weighted by molar-refractivity contribution is 7.89. The molecule has 0 aliphatic heterocycles. The molecule has 0 spiro atoms. The van der Waals surface area contributed by atoms with Crippen molar-refractivity contribution in [1.82, 2.24) is 4.72 Å². The maximum absolute atomic E-state index is 12.4. The van der Waals surface area contributed by atoms with Crippen LogP contribution in [0.25, 0.3) is 0 Å². The zero-order chi connectivity index (χ0) is 18.6. The van der Waals surface area contributed by atoms with Gasteiger partial charge in [0, 0.05) is 5.69 Å². The van der Waals surface area contributed by atoms with E-state index < -0.39 is 15.9 Å². The van der Waals surface area contributed by atoms with Gasteiger partial charge in [-0.2, -0.15) is 0 Å². The summed E-state index contributed by atoms with van der Waals surface area (Å²) >= 11 is 0. The quantitative estimate of drug-likeness (QED) is 0.698. The summed E-state index contributed by atoms with van der Waals surface area (Å²) in [5.74, 6) is -0.587. The Kier molecular flexibility index (Phi) is 5.20. The summed E-state index contributed by atoms with van der Waals surface area (Å²) in [6.45, 7) is 0. The summed E-state index contributed by atoms with van der Waals surface area (Å²) in [4.78, 5) is 12.4. The maximum atomic E-state index is 12.4. The van der Waals surface area contributed by atoms with Crippen LogP contribution in [0.15, 0.2) is 76.2 Å². The molecular formula is C19H18N2O4S. The van der Waals surface area contributed by atoms with Crippen LogP contribution >= 0.6 is 0 Å². The molecule has 0 saturated carbocycles. The Morgan fingerprint density at radius 1 is 0.962 bits per heavy atom. The number of carbonyl (C=O) groups is 1. The summed E-state index contributed by atoms with van der Waals surface area (Å²) in [6.07, 6.45) is 0.662. The Labute approximate surface area is 151 Å². The molecule has 2 aromatic carbocycles. The first kappa shape index (κ1) is 17.9. The zero-order valence-electron chi connectivity index (χ0n) is 14.1. The first-order valence-corrected chi connectivity index (χ1v) is 9.44. The fraction of sp³-hybridized carbons (Fsp3) is 0.105. The maximum Gasteiger partial charge on any atom is 0.291 e. The summed E-state index contributed by atoms with van der Waals surface area (Å²) < 4.78 is 30.7. The van der Waals surface area contributed by atoms with Crippen LogP contribution in [0.4, 0.5) is 5.69 Å². The van der Waals surface area contributed by atoms with E-state index in [0.717, 1.165) is 11.1 Å². The molecule has 0 radical (unpaired) electrons. The SMILES string of the molecule is CNS(=O)(=O)c1ccc(C(=O)Nc2ccccc2Cc2ccccc2)o1. The molecule has 2 N–H and O–H groups in total. The molecule has 0 fully saturated rings. The van der Waals surface area contributed by atoms with Crippen LogP contribution in [0.5, 0.6) is 0 Å². The summed E-state index contributed by atoms with van der Waals surface area (Å²) in [5.41, 5.74) is 2.71. The van der Waals surface area contributed by atoms with E-state index in [1.165, 1.54) is 19.2 Å². The van der Waals surface area contributed by atoms with Crippen molar-refractivity contribution < 1.29 is 17.6 Å². The van der Waals surface area contributed by atoms with Gasteiger partial charge in [-0.15, -0.1) is 0 Å². The molecule has 7 heteroatoms. The number of benzene rings is 2. The van der Waals surface area contributed by atoms with Crippen molar-refractivity contribution in [2.45, 2.75) is 11.5 Å². The number of para-hydroxylation sites is 1. The predicted octanol–water partition coefficient (Wildman–Crippen LogP) is 3.03. The first-order valence-electron chi connectivity index (χ1n) is 7.96. The van der Waals surface area contributed by atoms with Crippen molar-refractivity contribution in [3.8, 4) is 0 Å². The molecule has 26 heavy (non-hydrogen) atoms. The minimum Gasteiger partial charge on any atom is -0.438 e. The van der Waals surface area contributed by atoms with Crippen molar-refractivity contribution in [2.75, 3.05) is 12.4 Å². The molecule has 0 saturated heterocycles. The van der Waals surface area contributed by atoms with Crippen molar-refractivity contribution in [1.29, 1.82) is 0 Å². The normalized spacial score (nSPS) is 11.3. The summed E-state index contributed by atoms with van der Waals surface area (Å²) in [5, 5.41) is 2.48. The smallest absolute Gasteiger partial charge is 0.291 e. The van der Waals surface area contributed by atoms with Crippen molar-refractivity contribution in [2.24, 2.45) is 0 Å². The van der Waals surface area contributed by atoms with E-state index in [1.807, 2.05) is 48.5 Å². The van der Waals surface area contributed by atoms with E-state index in [1.54, 1.807) is 6.07 Å². The van der Waals surface area contributed by atoms with Gasteiger partial charge in [-0.3, -0.25) is 4.79 Å². The standard InChI is InChI=1S/C19H18N2O4S/c1-20-26(23,24)18-12-11-17(25-18)19(22)21-16-10-6-5-9-15(16)13-14-7-3-2-4-8-14/h2-12,20H,13H2,1H3,(H,21,22). The second-order valence-corrected chi connectivity index (χ2v) is 7.42. The van der Waals surface area contributed by atoms with E-state index in [-0.39, 0.29) is 10.9 Å². The number of carbonyl (C=O) groups excluding carboxylic acids is 1. The van der Waals surface area contributed by atoms with Gasteiger partial charge in [-0.05, 0) is 42.8 Å². The van der Waals surface area contributed by atoms with Gasteiger partial charge in [0.15, 0.2) is 5.76 Å². The van der Waals surface area contributed by atoms with Gasteiger partial charge >= 0.3 is 0 Å². The number of rotatable bonds is 6. The molecular weight excluding hydrogens is 352 g/mol. The lowest BCUT2D eigenvalue weighted by atomic mass is 10.0. The van der Waals surface area contributed by atoms with E-state index in [4.69, 9.17) is 4.42 Å². The topological polar surface area (TPSA) is 88.4 Å². The Morgan fingerprint density at radius 2 is 1.65 bits per heavy atom. The molecule has 1 aromatic heterocycles. The third-order valence-electron chi connectivity index (χ3n) is 3.84. The number of anilines is 1. The monoisotopic (exact) mass is 370 g/mol. The van der Waals surface area contributed by atoms with Crippen molar-refractivity contribution in [3.05, 3.63) is 83.6 Å². The summed E-state index contributed by atoms with van der Waals surface area (Å²) in [6, 6.07) is 19.9. The molecule has 0 aliphatic rings. The van der Waals surface area contributed by atoms with Crippen molar-refractivity contribution in [3.63, 3.8) is 0 Å². The van der Waals surface area contributed by atoms with Crippen LogP contribution in [0.3, 0.4) is 0 Å². The molecule has 134 valence electrons. The highest BCUT2D eigenvalue weighted by Gasteiger charge is 2.20. The Morgan fingerprint density at radius 3 is 2.38 bits per heavy atom. The third-order valence-corrected chi connectivity index (χ3v) is 5.13.